The molecule has 1 unspecified atom stereocenters. The molecule has 0 spiro atoms. The van der Waals surface area contributed by atoms with Gasteiger partial charge in [0.15, 0.2) is 0 Å². The van der Waals surface area contributed by atoms with Crippen LogP contribution in [0.3, 0.4) is 0 Å². The molecule has 1 saturated heterocycles. The van der Waals surface area contributed by atoms with Crippen molar-refractivity contribution in [3.63, 3.8) is 0 Å². The minimum absolute atomic E-state index is 0.104. The predicted octanol–water partition coefficient (Wildman–Crippen LogP) is 0.893. The number of morpholine rings is 1. The van der Waals surface area contributed by atoms with Gasteiger partial charge in [-0.15, -0.1) is 0 Å². The normalized spacial score (nSPS) is 18.9. The van der Waals surface area contributed by atoms with Crippen molar-refractivity contribution in [3.8, 4) is 0 Å². The van der Waals surface area contributed by atoms with Crippen LogP contribution in [0.5, 0.6) is 0 Å². The number of carbonyl (C=O) groups is 2. The van der Waals surface area contributed by atoms with Crippen LogP contribution in [0.15, 0.2) is 18.2 Å². The Hall–Kier alpha value is -2.08. The average Bonchev–Trinajstić information content (AvgIpc) is 2.40. The van der Waals surface area contributed by atoms with Crippen molar-refractivity contribution < 1.29 is 19.4 Å². The van der Waals surface area contributed by atoms with E-state index >= 15 is 0 Å². The number of anilines is 1. The highest BCUT2D eigenvalue weighted by atomic mass is 16.5. The van der Waals surface area contributed by atoms with Gasteiger partial charge in [-0.2, -0.15) is 0 Å². The second-order valence-corrected chi connectivity index (χ2v) is 4.93. The molecule has 1 atom stereocenters. The van der Waals surface area contributed by atoms with E-state index in [9.17, 15) is 9.59 Å². The monoisotopic (exact) mass is 278 g/mol. The van der Waals surface area contributed by atoms with Gasteiger partial charge in [0.25, 0.3) is 5.91 Å². The highest BCUT2D eigenvalue weighted by Crippen LogP contribution is 2.18. The van der Waals surface area contributed by atoms with Crippen LogP contribution in [0.2, 0.25) is 0 Å². The van der Waals surface area contributed by atoms with E-state index in [1.165, 1.54) is 0 Å². The molecule has 1 amide bonds. The van der Waals surface area contributed by atoms with Gasteiger partial charge in [0.2, 0.25) is 0 Å². The molecule has 0 aliphatic carbocycles. The van der Waals surface area contributed by atoms with Crippen LogP contribution in [0, 0.1) is 6.92 Å². The molecule has 0 radical (unpaired) electrons. The molecule has 108 valence electrons. The Morgan fingerprint density at radius 1 is 1.50 bits per heavy atom. The van der Waals surface area contributed by atoms with Crippen LogP contribution < -0.4 is 5.73 Å². The quantitative estimate of drug-likeness (QED) is 0.801. The third-order valence-corrected chi connectivity index (χ3v) is 3.27. The van der Waals surface area contributed by atoms with E-state index in [4.69, 9.17) is 15.6 Å². The van der Waals surface area contributed by atoms with E-state index in [0.29, 0.717) is 24.4 Å². The summed E-state index contributed by atoms with van der Waals surface area (Å²) in [5.41, 5.74) is 7.69. The van der Waals surface area contributed by atoms with Crippen molar-refractivity contribution in [2.75, 3.05) is 25.4 Å². The molecule has 6 nitrogen and oxygen atoms in total. The minimum atomic E-state index is -0.931. The molecule has 1 aromatic rings. The summed E-state index contributed by atoms with van der Waals surface area (Å²) in [6, 6.07) is 5.30. The Kier molecular flexibility index (Phi) is 4.24. The number of amides is 1. The number of carbonyl (C=O) groups excluding carboxylic acids is 1. The first-order valence-electron chi connectivity index (χ1n) is 6.46. The highest BCUT2D eigenvalue weighted by Gasteiger charge is 2.27. The molecule has 1 aromatic carbocycles. The summed E-state index contributed by atoms with van der Waals surface area (Å²) in [5, 5.41) is 8.78. The van der Waals surface area contributed by atoms with Gasteiger partial charge >= 0.3 is 5.97 Å². The molecule has 1 aliphatic heterocycles. The first-order valence-corrected chi connectivity index (χ1v) is 6.46. The Bertz CT molecular complexity index is 530. The molecule has 0 aromatic heterocycles. The molecule has 0 bridgehead atoms. The lowest BCUT2D eigenvalue weighted by atomic mass is 10.1. The van der Waals surface area contributed by atoms with Gasteiger partial charge in [-0.3, -0.25) is 9.59 Å². The smallest absolute Gasteiger partial charge is 0.306 e. The SMILES string of the molecule is Cc1ccc(N)c(C(=O)N2CCOC(CC(=O)O)C2)c1. The van der Waals surface area contributed by atoms with E-state index in [-0.39, 0.29) is 18.9 Å². The number of rotatable bonds is 3. The molecule has 1 aliphatic rings. The zero-order valence-corrected chi connectivity index (χ0v) is 11.3. The van der Waals surface area contributed by atoms with Crippen LogP contribution >= 0.6 is 0 Å². The largest absolute Gasteiger partial charge is 0.481 e. The lowest BCUT2D eigenvalue weighted by Gasteiger charge is -2.32. The fourth-order valence-electron chi connectivity index (χ4n) is 2.25. The lowest BCUT2D eigenvalue weighted by Crippen LogP contribution is -2.46. The van der Waals surface area contributed by atoms with Crippen LogP contribution in [-0.2, 0) is 9.53 Å². The summed E-state index contributed by atoms with van der Waals surface area (Å²) in [6.45, 7) is 2.96. The fourth-order valence-corrected chi connectivity index (χ4v) is 2.25. The van der Waals surface area contributed by atoms with Crippen molar-refractivity contribution in [1.29, 1.82) is 0 Å². The van der Waals surface area contributed by atoms with Gasteiger partial charge in [-0.25, -0.2) is 0 Å². The second-order valence-electron chi connectivity index (χ2n) is 4.93. The number of hydrogen-bond donors (Lipinski definition) is 2. The Labute approximate surface area is 117 Å². The van der Waals surface area contributed by atoms with E-state index < -0.39 is 12.1 Å². The summed E-state index contributed by atoms with van der Waals surface area (Å²) in [7, 11) is 0. The first kappa shape index (κ1) is 14.3. The molecule has 0 saturated carbocycles. The molecular weight excluding hydrogens is 260 g/mol. The number of hydrogen-bond acceptors (Lipinski definition) is 4. The molecule has 1 fully saturated rings. The molecule has 20 heavy (non-hydrogen) atoms. The second kappa shape index (κ2) is 5.92. The fraction of sp³-hybridized carbons (Fsp3) is 0.429. The highest BCUT2D eigenvalue weighted by molar-refractivity contribution is 5.99. The molecule has 2 rings (SSSR count). The lowest BCUT2D eigenvalue weighted by molar-refractivity contribution is -0.141. The molecule has 1 heterocycles. The maximum Gasteiger partial charge on any atom is 0.306 e. The van der Waals surface area contributed by atoms with Crippen LogP contribution in [0.4, 0.5) is 5.69 Å². The third kappa shape index (κ3) is 3.27. The van der Waals surface area contributed by atoms with Gasteiger partial charge in [0.1, 0.15) is 0 Å². The number of carboxylic acids is 1. The standard InChI is InChI=1S/C14H18N2O4/c1-9-2-3-12(15)11(6-9)14(19)16-4-5-20-10(8-16)7-13(17)18/h2-3,6,10H,4-5,7-8,15H2,1H3,(H,17,18). The summed E-state index contributed by atoms with van der Waals surface area (Å²) in [5.74, 6) is -1.11. The number of aliphatic carboxylic acids is 1. The van der Waals surface area contributed by atoms with Gasteiger partial charge in [0.05, 0.1) is 24.7 Å². The zero-order valence-electron chi connectivity index (χ0n) is 11.3. The van der Waals surface area contributed by atoms with E-state index in [2.05, 4.69) is 0 Å². The Balaban J connectivity index is 2.12. The van der Waals surface area contributed by atoms with Gasteiger partial charge in [0, 0.05) is 18.8 Å². The Morgan fingerprint density at radius 3 is 2.95 bits per heavy atom. The van der Waals surface area contributed by atoms with E-state index in [1.54, 1.807) is 17.0 Å². The van der Waals surface area contributed by atoms with Gasteiger partial charge in [-0.05, 0) is 19.1 Å². The van der Waals surface area contributed by atoms with Crippen LogP contribution in [0.25, 0.3) is 0 Å². The van der Waals surface area contributed by atoms with Gasteiger partial charge < -0.3 is 20.5 Å². The van der Waals surface area contributed by atoms with Crippen LogP contribution in [-0.4, -0.2) is 47.7 Å². The van der Waals surface area contributed by atoms with E-state index in [0.717, 1.165) is 5.56 Å². The number of carboxylic acid groups (broad SMARTS) is 1. The maximum atomic E-state index is 12.4. The van der Waals surface area contributed by atoms with Gasteiger partial charge in [-0.1, -0.05) is 11.6 Å². The Morgan fingerprint density at radius 2 is 2.25 bits per heavy atom. The summed E-state index contributed by atoms with van der Waals surface area (Å²) >= 11 is 0. The van der Waals surface area contributed by atoms with Crippen molar-refractivity contribution in [3.05, 3.63) is 29.3 Å². The third-order valence-electron chi connectivity index (χ3n) is 3.27. The summed E-state index contributed by atoms with van der Waals surface area (Å²) < 4.78 is 5.35. The van der Waals surface area contributed by atoms with Crippen molar-refractivity contribution in [1.82, 2.24) is 4.90 Å². The maximum absolute atomic E-state index is 12.4. The predicted molar refractivity (Wildman–Crippen MR) is 73.5 cm³/mol. The van der Waals surface area contributed by atoms with E-state index in [1.807, 2.05) is 13.0 Å². The topological polar surface area (TPSA) is 92.9 Å². The number of ether oxygens (including phenoxy) is 1. The van der Waals surface area contributed by atoms with Crippen LogP contribution in [0.1, 0.15) is 22.3 Å². The molecular formula is C14H18N2O4. The van der Waals surface area contributed by atoms with Crippen molar-refractivity contribution >= 4 is 17.6 Å². The van der Waals surface area contributed by atoms with Crippen molar-refractivity contribution in [2.45, 2.75) is 19.4 Å². The zero-order chi connectivity index (χ0) is 14.7. The molecule has 6 heteroatoms. The number of benzene rings is 1. The number of nitrogen functional groups attached to an aromatic ring is 1. The molecule has 3 N–H and O–H groups in total. The average molecular weight is 278 g/mol. The number of nitrogens with zero attached hydrogens (tertiary/aromatic N) is 1. The van der Waals surface area contributed by atoms with Crippen molar-refractivity contribution in [2.24, 2.45) is 0 Å². The minimum Gasteiger partial charge on any atom is -0.481 e. The first-order chi connectivity index (χ1) is 9.47. The summed E-state index contributed by atoms with van der Waals surface area (Å²) in [6.07, 6.45) is -0.566. The summed E-state index contributed by atoms with van der Waals surface area (Å²) in [4.78, 5) is 24.8. The number of aryl methyl sites for hydroxylation is 1. The number of nitrogens with two attached hydrogens (primary N) is 1.